The van der Waals surface area contributed by atoms with Gasteiger partial charge in [-0.2, -0.15) is 5.10 Å². The molecular formula is C22H14N4O2. The van der Waals surface area contributed by atoms with Crippen LogP contribution >= 0.6 is 0 Å². The quantitative estimate of drug-likeness (QED) is 0.327. The van der Waals surface area contributed by atoms with Crippen LogP contribution < -0.4 is 0 Å². The lowest BCUT2D eigenvalue weighted by Gasteiger charge is -2.05. The van der Waals surface area contributed by atoms with Crippen molar-refractivity contribution in [1.29, 1.82) is 0 Å². The molecular weight excluding hydrogens is 352 g/mol. The lowest BCUT2D eigenvalue weighted by Crippen LogP contribution is -1.96. The Labute approximate surface area is 159 Å². The summed E-state index contributed by atoms with van der Waals surface area (Å²) < 4.78 is 1.91. The third-order valence-corrected chi connectivity index (χ3v) is 4.78. The molecule has 5 aromatic rings. The van der Waals surface area contributed by atoms with Gasteiger partial charge in [-0.15, -0.1) is 0 Å². The molecule has 2 aromatic heterocycles. The number of nitro groups is 1. The van der Waals surface area contributed by atoms with Crippen molar-refractivity contribution in [2.24, 2.45) is 0 Å². The molecule has 5 rings (SSSR count). The average molecular weight is 366 g/mol. The Morgan fingerprint density at radius 2 is 1.61 bits per heavy atom. The van der Waals surface area contributed by atoms with Crippen molar-refractivity contribution in [3.63, 3.8) is 0 Å². The summed E-state index contributed by atoms with van der Waals surface area (Å²) in [5.41, 5.74) is 4.46. The van der Waals surface area contributed by atoms with Crippen LogP contribution in [0.5, 0.6) is 0 Å². The fourth-order valence-corrected chi connectivity index (χ4v) is 3.47. The Bertz CT molecular complexity index is 1330. The molecule has 0 aliphatic carbocycles. The number of rotatable bonds is 3. The second kappa shape index (κ2) is 6.28. The van der Waals surface area contributed by atoms with Gasteiger partial charge in [-0.05, 0) is 48.5 Å². The van der Waals surface area contributed by atoms with E-state index in [4.69, 9.17) is 5.10 Å². The van der Waals surface area contributed by atoms with Gasteiger partial charge >= 0.3 is 0 Å². The van der Waals surface area contributed by atoms with Crippen LogP contribution in [0.25, 0.3) is 38.8 Å². The van der Waals surface area contributed by atoms with Crippen molar-refractivity contribution in [3.8, 4) is 16.9 Å². The Kier molecular flexibility index (Phi) is 3.62. The van der Waals surface area contributed by atoms with Crippen LogP contribution in [0.15, 0.2) is 85.1 Å². The standard InChI is InChI=1S/C22H14N4O2/c27-26(28)17-10-8-15(9-11-17)21-19-12-13-20-18(7-4-14-23-20)22(19)25(24-21)16-5-2-1-3-6-16/h1-14H. The predicted octanol–water partition coefficient (Wildman–Crippen LogP) is 5.15. The van der Waals surface area contributed by atoms with E-state index >= 15 is 0 Å². The number of hydrogen-bond acceptors (Lipinski definition) is 4. The molecule has 134 valence electrons. The Morgan fingerprint density at radius 1 is 0.821 bits per heavy atom. The zero-order chi connectivity index (χ0) is 19.1. The molecule has 28 heavy (non-hydrogen) atoms. The van der Waals surface area contributed by atoms with Gasteiger partial charge in [-0.25, -0.2) is 4.68 Å². The van der Waals surface area contributed by atoms with Crippen LogP contribution in [0, 0.1) is 10.1 Å². The van der Waals surface area contributed by atoms with Gasteiger partial charge in [0.05, 0.1) is 21.6 Å². The minimum Gasteiger partial charge on any atom is -0.258 e. The Balaban J connectivity index is 1.83. The maximum Gasteiger partial charge on any atom is 0.269 e. The molecule has 6 heteroatoms. The summed E-state index contributed by atoms with van der Waals surface area (Å²) in [7, 11) is 0. The molecule has 6 nitrogen and oxygen atoms in total. The largest absolute Gasteiger partial charge is 0.269 e. The first kappa shape index (κ1) is 16.1. The van der Waals surface area contributed by atoms with Crippen molar-refractivity contribution >= 4 is 27.5 Å². The number of non-ortho nitro benzene ring substituents is 1. The lowest BCUT2D eigenvalue weighted by atomic mass is 10.0. The van der Waals surface area contributed by atoms with E-state index in [1.54, 1.807) is 18.3 Å². The molecule has 0 radical (unpaired) electrons. The van der Waals surface area contributed by atoms with Crippen molar-refractivity contribution < 1.29 is 4.92 Å². The number of pyridine rings is 1. The Hall–Kier alpha value is -4.06. The first-order valence-electron chi connectivity index (χ1n) is 8.79. The molecule has 0 saturated carbocycles. The summed E-state index contributed by atoms with van der Waals surface area (Å²) in [5, 5.41) is 17.8. The zero-order valence-corrected chi connectivity index (χ0v) is 14.7. The molecule has 0 bridgehead atoms. The summed E-state index contributed by atoms with van der Waals surface area (Å²) >= 11 is 0. The van der Waals surface area contributed by atoms with Gasteiger partial charge in [-0.1, -0.05) is 18.2 Å². The van der Waals surface area contributed by atoms with Crippen molar-refractivity contribution in [3.05, 3.63) is 95.2 Å². The van der Waals surface area contributed by atoms with Gasteiger partial charge in [0.25, 0.3) is 5.69 Å². The summed E-state index contributed by atoms with van der Waals surface area (Å²) in [6.45, 7) is 0. The molecule has 0 spiro atoms. The maximum atomic E-state index is 11.0. The highest BCUT2D eigenvalue weighted by molar-refractivity contribution is 6.09. The number of hydrogen-bond donors (Lipinski definition) is 0. The molecule has 0 aliphatic rings. The SMILES string of the molecule is O=[N+]([O-])c1ccc(-c2nn(-c3ccccc3)c3c2ccc2ncccc23)cc1. The molecule has 3 aromatic carbocycles. The summed E-state index contributed by atoms with van der Waals surface area (Å²) in [4.78, 5) is 15.0. The second-order valence-corrected chi connectivity index (χ2v) is 6.43. The van der Waals surface area contributed by atoms with Crippen LogP contribution in [-0.2, 0) is 0 Å². The molecule has 0 unspecified atom stereocenters. The number of aromatic nitrogens is 3. The maximum absolute atomic E-state index is 11.0. The number of benzene rings is 3. The predicted molar refractivity (Wildman–Crippen MR) is 108 cm³/mol. The van der Waals surface area contributed by atoms with Crippen LogP contribution in [0.3, 0.4) is 0 Å². The van der Waals surface area contributed by atoms with Crippen LogP contribution in [-0.4, -0.2) is 19.7 Å². The topological polar surface area (TPSA) is 73.8 Å². The highest BCUT2D eigenvalue weighted by atomic mass is 16.6. The molecule has 0 aliphatic heterocycles. The Morgan fingerprint density at radius 3 is 2.36 bits per heavy atom. The normalized spacial score (nSPS) is 11.1. The van der Waals surface area contributed by atoms with E-state index in [9.17, 15) is 10.1 Å². The highest BCUT2D eigenvalue weighted by Crippen LogP contribution is 2.34. The third kappa shape index (κ3) is 2.51. The smallest absolute Gasteiger partial charge is 0.258 e. The van der Waals surface area contributed by atoms with E-state index < -0.39 is 4.92 Å². The molecule has 0 amide bonds. The van der Waals surface area contributed by atoms with Crippen molar-refractivity contribution in [2.45, 2.75) is 0 Å². The summed E-state index contributed by atoms with van der Waals surface area (Å²) in [5.74, 6) is 0. The van der Waals surface area contributed by atoms with Gasteiger partial charge in [0.2, 0.25) is 0 Å². The summed E-state index contributed by atoms with van der Waals surface area (Å²) in [6.07, 6.45) is 1.77. The number of nitrogens with zero attached hydrogens (tertiary/aromatic N) is 4. The minimum atomic E-state index is -0.399. The molecule has 0 saturated heterocycles. The molecule has 2 heterocycles. The van der Waals surface area contributed by atoms with Crippen LogP contribution in [0.1, 0.15) is 0 Å². The lowest BCUT2D eigenvalue weighted by molar-refractivity contribution is -0.384. The average Bonchev–Trinajstić information content (AvgIpc) is 3.15. The van der Waals surface area contributed by atoms with Crippen molar-refractivity contribution in [1.82, 2.24) is 14.8 Å². The van der Waals surface area contributed by atoms with Gasteiger partial charge in [0.1, 0.15) is 5.69 Å². The van der Waals surface area contributed by atoms with E-state index in [0.717, 1.165) is 38.8 Å². The van der Waals surface area contributed by atoms with E-state index in [2.05, 4.69) is 4.98 Å². The third-order valence-electron chi connectivity index (χ3n) is 4.78. The number of nitro benzene ring substituents is 1. The van der Waals surface area contributed by atoms with Crippen LogP contribution in [0.2, 0.25) is 0 Å². The fourth-order valence-electron chi connectivity index (χ4n) is 3.47. The van der Waals surface area contributed by atoms with Crippen LogP contribution in [0.4, 0.5) is 5.69 Å². The van der Waals surface area contributed by atoms with Gasteiger partial charge < -0.3 is 0 Å². The van der Waals surface area contributed by atoms with E-state index in [0.29, 0.717) is 0 Å². The van der Waals surface area contributed by atoms with E-state index in [1.807, 2.05) is 59.3 Å². The molecule has 0 N–H and O–H groups in total. The van der Waals surface area contributed by atoms with Crippen molar-refractivity contribution in [2.75, 3.05) is 0 Å². The van der Waals surface area contributed by atoms with Gasteiger partial charge in [0.15, 0.2) is 0 Å². The van der Waals surface area contributed by atoms with Gasteiger partial charge in [-0.3, -0.25) is 15.1 Å². The number of para-hydroxylation sites is 1. The van der Waals surface area contributed by atoms with E-state index in [1.165, 1.54) is 12.1 Å². The number of fused-ring (bicyclic) bond motifs is 3. The van der Waals surface area contributed by atoms with Gasteiger partial charge in [0, 0.05) is 34.7 Å². The van der Waals surface area contributed by atoms with E-state index in [-0.39, 0.29) is 5.69 Å². The highest BCUT2D eigenvalue weighted by Gasteiger charge is 2.17. The molecule has 0 fully saturated rings. The molecule has 0 atom stereocenters. The fraction of sp³-hybridized carbons (Fsp3) is 0. The first-order valence-corrected chi connectivity index (χ1v) is 8.79. The monoisotopic (exact) mass is 366 g/mol. The summed E-state index contributed by atoms with van der Waals surface area (Å²) in [6, 6.07) is 24.3. The minimum absolute atomic E-state index is 0.0604. The zero-order valence-electron chi connectivity index (χ0n) is 14.7. The first-order chi connectivity index (χ1) is 13.7. The second-order valence-electron chi connectivity index (χ2n) is 6.43.